The Morgan fingerprint density at radius 2 is 1.74 bits per heavy atom. The van der Waals surface area contributed by atoms with Gasteiger partial charge in [0.1, 0.15) is 0 Å². The Labute approximate surface area is 160 Å². The van der Waals surface area contributed by atoms with Gasteiger partial charge in [0, 0.05) is 5.54 Å². The first-order valence-corrected chi connectivity index (χ1v) is 10.4. The fraction of sp³-hybridized carbons (Fsp3) is 0.762. The molecule has 0 aromatic carbocycles. The number of hydrogen-bond donors (Lipinski definition) is 2. The van der Waals surface area contributed by atoms with Gasteiger partial charge in [0.15, 0.2) is 6.10 Å². The quantitative estimate of drug-likeness (QED) is 0.572. The lowest BCUT2D eigenvalue weighted by Gasteiger charge is -2.56. The highest BCUT2D eigenvalue weighted by atomic mass is 16.5. The fourth-order valence-corrected chi connectivity index (χ4v) is 6.13. The number of urea groups is 1. The lowest BCUT2D eigenvalue weighted by Crippen LogP contribution is -2.62. The van der Waals surface area contributed by atoms with E-state index in [9.17, 15) is 14.4 Å². The summed E-state index contributed by atoms with van der Waals surface area (Å²) in [5.74, 6) is 1.40. The molecule has 4 saturated carbocycles. The molecular formula is C21H30N2O4. The second-order valence-electron chi connectivity index (χ2n) is 9.24. The molecule has 148 valence electrons. The minimum absolute atomic E-state index is 0.145. The van der Waals surface area contributed by atoms with Gasteiger partial charge < -0.3 is 10.1 Å². The number of carbonyl (C=O) groups is 3. The van der Waals surface area contributed by atoms with Crippen LogP contribution in [0.5, 0.6) is 0 Å². The van der Waals surface area contributed by atoms with Crippen molar-refractivity contribution in [2.24, 2.45) is 23.7 Å². The molecule has 5 aliphatic rings. The van der Waals surface area contributed by atoms with Gasteiger partial charge in [-0.15, -0.1) is 0 Å². The van der Waals surface area contributed by atoms with Crippen molar-refractivity contribution in [2.75, 3.05) is 0 Å². The molecule has 0 saturated heterocycles. The van der Waals surface area contributed by atoms with Crippen LogP contribution in [0.2, 0.25) is 0 Å². The number of rotatable bonds is 5. The topological polar surface area (TPSA) is 84.5 Å². The summed E-state index contributed by atoms with van der Waals surface area (Å²) in [5, 5.41) is 5.48. The third-order valence-corrected chi connectivity index (χ3v) is 6.87. The van der Waals surface area contributed by atoms with Crippen LogP contribution < -0.4 is 10.6 Å². The van der Waals surface area contributed by atoms with Crippen molar-refractivity contribution in [3.63, 3.8) is 0 Å². The predicted molar refractivity (Wildman–Crippen MR) is 99.6 cm³/mol. The lowest BCUT2D eigenvalue weighted by molar-refractivity contribution is -0.155. The van der Waals surface area contributed by atoms with Gasteiger partial charge >= 0.3 is 12.0 Å². The Bertz CT molecular complexity index is 621. The van der Waals surface area contributed by atoms with Crippen LogP contribution in [0, 0.1) is 23.7 Å². The maximum absolute atomic E-state index is 12.4. The number of imide groups is 1. The van der Waals surface area contributed by atoms with E-state index in [2.05, 4.69) is 16.7 Å². The number of nitrogens with one attached hydrogen (secondary N) is 2. The summed E-state index contributed by atoms with van der Waals surface area (Å²) in [6.07, 6.45) is 12.3. The number of allylic oxidation sites excluding steroid dienone is 2. The van der Waals surface area contributed by atoms with Crippen LogP contribution in [0.3, 0.4) is 0 Å². The summed E-state index contributed by atoms with van der Waals surface area (Å²) in [5.41, 5.74) is -0.145. The van der Waals surface area contributed by atoms with E-state index in [1.165, 1.54) is 26.2 Å². The minimum Gasteiger partial charge on any atom is -0.453 e. The second kappa shape index (κ2) is 7.28. The third kappa shape index (κ3) is 4.19. The van der Waals surface area contributed by atoms with Gasteiger partial charge in [-0.3, -0.25) is 14.9 Å². The largest absolute Gasteiger partial charge is 0.453 e. The highest BCUT2D eigenvalue weighted by Crippen LogP contribution is 2.55. The molecule has 0 heterocycles. The number of hydrogen-bond acceptors (Lipinski definition) is 4. The van der Waals surface area contributed by atoms with Crippen LogP contribution in [-0.4, -0.2) is 29.6 Å². The summed E-state index contributed by atoms with van der Waals surface area (Å²) in [6, 6.07) is -0.455. The average Bonchev–Trinajstić information content (AvgIpc) is 3.05. The van der Waals surface area contributed by atoms with Crippen LogP contribution in [0.15, 0.2) is 12.2 Å². The summed E-state index contributed by atoms with van der Waals surface area (Å²) in [7, 11) is 0. The number of carbonyl (C=O) groups excluding carboxylic acids is 3. The third-order valence-electron chi connectivity index (χ3n) is 6.87. The fourth-order valence-electron chi connectivity index (χ4n) is 6.13. The summed E-state index contributed by atoms with van der Waals surface area (Å²) in [6.45, 7) is 1.51. The molecule has 4 bridgehead atoms. The minimum atomic E-state index is -0.968. The molecule has 6 heteroatoms. The van der Waals surface area contributed by atoms with Crippen molar-refractivity contribution in [1.29, 1.82) is 0 Å². The molecule has 6 nitrogen and oxygen atoms in total. The van der Waals surface area contributed by atoms with Crippen molar-refractivity contribution < 1.29 is 19.1 Å². The Hall–Kier alpha value is -1.85. The highest BCUT2D eigenvalue weighted by Gasteiger charge is 2.51. The van der Waals surface area contributed by atoms with Crippen molar-refractivity contribution >= 4 is 17.9 Å². The molecule has 5 aliphatic carbocycles. The first kappa shape index (κ1) is 18.5. The molecule has 0 radical (unpaired) electrons. The monoisotopic (exact) mass is 374 g/mol. The molecular weight excluding hydrogens is 344 g/mol. The molecule has 2 N–H and O–H groups in total. The maximum Gasteiger partial charge on any atom is 0.321 e. The van der Waals surface area contributed by atoms with E-state index in [4.69, 9.17) is 4.74 Å². The highest BCUT2D eigenvalue weighted by molar-refractivity contribution is 5.97. The van der Waals surface area contributed by atoms with E-state index < -0.39 is 24.0 Å². The van der Waals surface area contributed by atoms with Crippen LogP contribution in [-0.2, 0) is 14.3 Å². The van der Waals surface area contributed by atoms with Crippen LogP contribution in [0.25, 0.3) is 0 Å². The zero-order valence-corrected chi connectivity index (χ0v) is 16.0. The Morgan fingerprint density at radius 1 is 1.11 bits per heavy atom. The van der Waals surface area contributed by atoms with E-state index in [0.29, 0.717) is 0 Å². The molecule has 0 aromatic rings. The molecule has 0 aromatic heterocycles. The van der Waals surface area contributed by atoms with Crippen LogP contribution >= 0.6 is 0 Å². The van der Waals surface area contributed by atoms with Crippen molar-refractivity contribution in [3.8, 4) is 0 Å². The number of amides is 3. The van der Waals surface area contributed by atoms with Gasteiger partial charge in [0.25, 0.3) is 5.91 Å². The smallest absolute Gasteiger partial charge is 0.321 e. The molecule has 0 spiro atoms. The van der Waals surface area contributed by atoms with Crippen molar-refractivity contribution in [2.45, 2.75) is 76.4 Å². The van der Waals surface area contributed by atoms with Gasteiger partial charge in [-0.1, -0.05) is 12.2 Å². The maximum atomic E-state index is 12.4. The number of ether oxygens (including phenoxy) is 1. The van der Waals surface area contributed by atoms with E-state index in [1.807, 2.05) is 6.08 Å². The predicted octanol–water partition coefficient (Wildman–Crippen LogP) is 3.07. The van der Waals surface area contributed by atoms with Gasteiger partial charge in [0.2, 0.25) is 0 Å². The zero-order chi connectivity index (χ0) is 19.0. The molecule has 0 aliphatic heterocycles. The van der Waals surface area contributed by atoms with Gasteiger partial charge in [-0.25, -0.2) is 4.79 Å². The summed E-state index contributed by atoms with van der Waals surface area (Å²) >= 11 is 0. The molecule has 3 amide bonds. The molecule has 5 rings (SSSR count). The van der Waals surface area contributed by atoms with E-state index in [-0.39, 0.29) is 17.9 Å². The van der Waals surface area contributed by atoms with Crippen LogP contribution in [0.4, 0.5) is 4.79 Å². The molecule has 27 heavy (non-hydrogen) atoms. The van der Waals surface area contributed by atoms with E-state index in [0.717, 1.165) is 49.9 Å². The van der Waals surface area contributed by atoms with Crippen molar-refractivity contribution in [3.05, 3.63) is 12.2 Å². The van der Waals surface area contributed by atoms with E-state index in [1.54, 1.807) is 0 Å². The molecule has 0 unspecified atom stereocenters. The number of esters is 1. The lowest BCUT2D eigenvalue weighted by atomic mass is 9.53. The average molecular weight is 374 g/mol. The van der Waals surface area contributed by atoms with Gasteiger partial charge in [-0.05, 0) is 82.0 Å². The van der Waals surface area contributed by atoms with E-state index >= 15 is 0 Å². The van der Waals surface area contributed by atoms with Gasteiger partial charge in [-0.2, -0.15) is 0 Å². The summed E-state index contributed by atoms with van der Waals surface area (Å²) < 4.78 is 5.20. The Balaban J connectivity index is 1.24. The first-order valence-electron chi connectivity index (χ1n) is 10.4. The second-order valence-corrected chi connectivity index (χ2v) is 9.24. The molecule has 4 fully saturated rings. The van der Waals surface area contributed by atoms with Gasteiger partial charge in [0.05, 0.1) is 6.42 Å². The normalized spacial score (nSPS) is 37.1. The van der Waals surface area contributed by atoms with Crippen LogP contribution in [0.1, 0.15) is 64.7 Å². The standard InChI is InChI=1S/C21H30N2O4/c1-13(27-18(24)9-14-4-2-3-5-14)19(25)22-20(26)23-21-10-15-6-16(11-21)8-17(7-15)12-21/h2,4,13-17H,3,5-12H2,1H3,(H2,22,23,25,26)/t13-,14+,15?,16?,17?,21?/m1/s1. The Morgan fingerprint density at radius 3 is 2.30 bits per heavy atom. The first-order chi connectivity index (χ1) is 12.9. The summed E-state index contributed by atoms with van der Waals surface area (Å²) in [4.78, 5) is 36.6. The SMILES string of the molecule is C[C@@H](OC(=O)C[C@H]1C=CCC1)C(=O)NC(=O)NC12CC3CC(CC(C3)C1)C2. The Kier molecular flexibility index (Phi) is 4.99. The zero-order valence-electron chi connectivity index (χ0n) is 16.0. The van der Waals surface area contributed by atoms with Crippen molar-refractivity contribution in [1.82, 2.24) is 10.6 Å². The molecule has 2 atom stereocenters.